The molecule has 0 bridgehead atoms. The van der Waals surface area contributed by atoms with Gasteiger partial charge < -0.3 is 9.47 Å². The minimum Gasteiger partial charge on any atom is -0.467 e. The van der Waals surface area contributed by atoms with Crippen molar-refractivity contribution < 1.29 is 19.1 Å². The van der Waals surface area contributed by atoms with Crippen molar-refractivity contribution in [2.45, 2.75) is 26.5 Å². The fraction of sp³-hybridized carbons (Fsp3) is 0.529. The highest BCUT2D eigenvalue weighted by Gasteiger charge is 2.70. The van der Waals surface area contributed by atoms with Crippen LogP contribution >= 0.6 is 0 Å². The number of likely N-dealkylation sites (tertiary alicyclic amines) is 1. The summed E-state index contributed by atoms with van der Waals surface area (Å²) in [6.45, 7) is 5.03. The van der Waals surface area contributed by atoms with Crippen molar-refractivity contribution in [2.24, 2.45) is 17.3 Å². The molecule has 1 saturated heterocycles. The van der Waals surface area contributed by atoms with E-state index in [1.165, 1.54) is 12.0 Å². The molecule has 0 N–H and O–H groups in total. The Morgan fingerprint density at radius 2 is 1.95 bits per heavy atom. The van der Waals surface area contributed by atoms with Gasteiger partial charge in [0.05, 0.1) is 7.11 Å². The summed E-state index contributed by atoms with van der Waals surface area (Å²) in [7, 11) is 1.36. The summed E-state index contributed by atoms with van der Waals surface area (Å²) in [5.41, 5.74) is 1.02. The maximum Gasteiger partial charge on any atom is 0.410 e. The van der Waals surface area contributed by atoms with Crippen molar-refractivity contribution in [1.82, 2.24) is 4.90 Å². The number of piperidine rings is 1. The molecule has 118 valence electrons. The number of ether oxygens (including phenoxy) is 2. The van der Waals surface area contributed by atoms with E-state index in [4.69, 9.17) is 9.47 Å². The van der Waals surface area contributed by atoms with Crippen LogP contribution in [0.4, 0.5) is 4.79 Å². The van der Waals surface area contributed by atoms with Crippen molar-refractivity contribution in [3.8, 4) is 0 Å². The second-order valence-corrected chi connectivity index (χ2v) is 6.61. The van der Waals surface area contributed by atoms with Gasteiger partial charge in [-0.25, -0.2) is 9.59 Å². The van der Waals surface area contributed by atoms with Crippen LogP contribution in [-0.2, 0) is 20.9 Å². The van der Waals surface area contributed by atoms with Gasteiger partial charge in [-0.2, -0.15) is 0 Å². The third kappa shape index (κ3) is 2.34. The molecule has 2 fully saturated rings. The first-order valence-electron chi connectivity index (χ1n) is 7.52. The molecule has 1 aliphatic heterocycles. The Bertz CT molecular complexity index is 584. The van der Waals surface area contributed by atoms with Gasteiger partial charge in [-0.1, -0.05) is 44.2 Å². The van der Waals surface area contributed by atoms with Gasteiger partial charge in [0.25, 0.3) is 0 Å². The Morgan fingerprint density at radius 1 is 1.27 bits per heavy atom. The first-order chi connectivity index (χ1) is 10.5. The van der Waals surface area contributed by atoms with E-state index in [0.717, 1.165) is 5.56 Å². The van der Waals surface area contributed by atoms with Gasteiger partial charge in [-0.15, -0.1) is 0 Å². The molecule has 0 spiro atoms. The van der Waals surface area contributed by atoms with Crippen LogP contribution in [0.3, 0.4) is 0 Å². The zero-order chi connectivity index (χ0) is 15.9. The lowest BCUT2D eigenvalue weighted by molar-refractivity contribution is -0.146. The van der Waals surface area contributed by atoms with Crippen LogP contribution in [0.5, 0.6) is 0 Å². The van der Waals surface area contributed by atoms with Gasteiger partial charge in [-0.05, 0) is 16.9 Å². The molecule has 0 aromatic heterocycles. The van der Waals surface area contributed by atoms with Crippen LogP contribution in [0.2, 0.25) is 0 Å². The SMILES string of the molecule is COC(=O)[C@@H]1[C@@H]2[C@H](CN1C(=O)OCc1ccccc1)C2(C)C. The van der Waals surface area contributed by atoms with Crippen LogP contribution in [0, 0.1) is 17.3 Å². The number of carbonyl (C=O) groups is 2. The molecule has 3 rings (SSSR count). The molecular formula is C17H21NO4. The zero-order valence-corrected chi connectivity index (χ0v) is 13.1. The normalized spacial score (nSPS) is 28.0. The van der Waals surface area contributed by atoms with Crippen molar-refractivity contribution in [2.75, 3.05) is 13.7 Å². The van der Waals surface area contributed by atoms with Crippen LogP contribution in [-0.4, -0.2) is 36.7 Å². The number of carbonyl (C=O) groups excluding carboxylic acids is 2. The smallest absolute Gasteiger partial charge is 0.410 e. The molecule has 2 aliphatic rings. The van der Waals surface area contributed by atoms with Gasteiger partial charge in [0.1, 0.15) is 12.6 Å². The first kappa shape index (κ1) is 14.9. The summed E-state index contributed by atoms with van der Waals surface area (Å²) in [6.07, 6.45) is -0.442. The van der Waals surface area contributed by atoms with Gasteiger partial charge in [0.2, 0.25) is 0 Å². The molecular weight excluding hydrogens is 282 g/mol. The largest absolute Gasteiger partial charge is 0.467 e. The van der Waals surface area contributed by atoms with Gasteiger partial charge in [0, 0.05) is 12.5 Å². The maximum absolute atomic E-state index is 12.3. The van der Waals surface area contributed by atoms with E-state index in [0.29, 0.717) is 12.5 Å². The Labute approximate surface area is 130 Å². The standard InChI is InChI=1S/C17H21NO4/c1-17(2)12-9-18(14(13(12)17)15(19)21-3)16(20)22-10-11-7-5-4-6-8-11/h4-8,12-14H,9-10H2,1-3H3/t12-,13-,14-/m0/s1. The monoisotopic (exact) mass is 303 g/mol. The molecule has 1 aromatic carbocycles. The van der Waals surface area contributed by atoms with Crippen LogP contribution in [0.25, 0.3) is 0 Å². The van der Waals surface area contributed by atoms with Gasteiger partial charge >= 0.3 is 12.1 Å². The number of benzene rings is 1. The second-order valence-electron chi connectivity index (χ2n) is 6.61. The van der Waals surface area contributed by atoms with Crippen LogP contribution < -0.4 is 0 Å². The van der Waals surface area contributed by atoms with E-state index in [-0.39, 0.29) is 23.9 Å². The Morgan fingerprint density at radius 3 is 2.59 bits per heavy atom. The topological polar surface area (TPSA) is 55.8 Å². The third-order valence-corrected chi connectivity index (χ3v) is 5.09. The predicted octanol–water partition coefficient (Wildman–Crippen LogP) is 2.45. The number of rotatable bonds is 3. The molecule has 1 aromatic rings. The molecule has 1 heterocycles. The lowest BCUT2D eigenvalue weighted by Gasteiger charge is -2.28. The molecule has 1 saturated carbocycles. The number of nitrogens with zero attached hydrogens (tertiary/aromatic N) is 1. The van der Waals surface area contributed by atoms with Gasteiger partial charge in [-0.3, -0.25) is 4.90 Å². The van der Waals surface area contributed by atoms with E-state index < -0.39 is 12.1 Å². The summed E-state index contributed by atoms with van der Waals surface area (Å²) < 4.78 is 10.2. The third-order valence-electron chi connectivity index (χ3n) is 5.09. The summed E-state index contributed by atoms with van der Waals surface area (Å²) in [6, 6.07) is 8.98. The summed E-state index contributed by atoms with van der Waals surface area (Å²) in [5, 5.41) is 0. The average Bonchev–Trinajstić information content (AvgIpc) is 2.90. The maximum atomic E-state index is 12.3. The Kier molecular flexibility index (Phi) is 3.59. The average molecular weight is 303 g/mol. The Balaban J connectivity index is 1.66. The van der Waals surface area contributed by atoms with Crippen LogP contribution in [0.1, 0.15) is 19.4 Å². The van der Waals surface area contributed by atoms with Crippen LogP contribution in [0.15, 0.2) is 30.3 Å². The minimum absolute atomic E-state index is 0.0923. The molecule has 3 atom stereocenters. The number of esters is 1. The van der Waals surface area contributed by atoms with E-state index in [1.807, 2.05) is 30.3 Å². The number of hydrogen-bond donors (Lipinski definition) is 0. The van der Waals surface area contributed by atoms with E-state index >= 15 is 0 Å². The molecule has 1 aliphatic carbocycles. The highest BCUT2D eigenvalue weighted by molar-refractivity contribution is 5.83. The molecule has 22 heavy (non-hydrogen) atoms. The zero-order valence-electron chi connectivity index (χ0n) is 13.1. The van der Waals surface area contributed by atoms with E-state index in [2.05, 4.69) is 13.8 Å². The summed E-state index contributed by atoms with van der Waals surface area (Å²) in [4.78, 5) is 25.9. The fourth-order valence-corrected chi connectivity index (χ4v) is 3.67. The molecule has 0 unspecified atom stereocenters. The molecule has 5 heteroatoms. The second kappa shape index (κ2) is 5.30. The number of hydrogen-bond acceptors (Lipinski definition) is 4. The Hall–Kier alpha value is -2.04. The van der Waals surface area contributed by atoms with E-state index in [9.17, 15) is 9.59 Å². The first-order valence-corrected chi connectivity index (χ1v) is 7.52. The number of amides is 1. The van der Waals surface area contributed by atoms with Crippen molar-refractivity contribution >= 4 is 12.1 Å². The highest BCUT2D eigenvalue weighted by Crippen LogP contribution is 2.65. The number of methoxy groups -OCH3 is 1. The van der Waals surface area contributed by atoms with Crippen molar-refractivity contribution in [1.29, 1.82) is 0 Å². The summed E-state index contributed by atoms with van der Waals surface area (Å²) >= 11 is 0. The minimum atomic E-state index is -0.520. The highest BCUT2D eigenvalue weighted by atomic mass is 16.6. The lowest BCUT2D eigenvalue weighted by atomic mass is 10.0. The van der Waals surface area contributed by atoms with Crippen molar-refractivity contribution in [3.05, 3.63) is 35.9 Å². The van der Waals surface area contributed by atoms with Crippen molar-refractivity contribution in [3.63, 3.8) is 0 Å². The number of fused-ring (bicyclic) bond motifs is 1. The van der Waals surface area contributed by atoms with Gasteiger partial charge in [0.15, 0.2) is 0 Å². The molecule has 1 amide bonds. The molecule has 0 radical (unpaired) electrons. The quantitative estimate of drug-likeness (QED) is 0.805. The lowest BCUT2D eigenvalue weighted by Crippen LogP contribution is -2.46. The molecule has 5 nitrogen and oxygen atoms in total. The predicted molar refractivity (Wildman–Crippen MR) is 79.9 cm³/mol. The fourth-order valence-electron chi connectivity index (χ4n) is 3.67. The van der Waals surface area contributed by atoms with E-state index in [1.54, 1.807) is 0 Å². The summed E-state index contributed by atoms with van der Waals surface area (Å²) in [5.74, 6) is 0.167.